The molecule has 0 saturated carbocycles. The van der Waals surface area contributed by atoms with Crippen molar-refractivity contribution in [1.82, 2.24) is 0 Å². The Kier molecular flexibility index (Phi) is 4.63. The van der Waals surface area contributed by atoms with Crippen LogP contribution in [0.25, 0.3) is 0 Å². The van der Waals surface area contributed by atoms with E-state index in [1.807, 2.05) is 24.3 Å². The van der Waals surface area contributed by atoms with Gasteiger partial charge in [-0.3, -0.25) is 0 Å². The minimum Gasteiger partial charge on any atom is -0.488 e. The van der Waals surface area contributed by atoms with Gasteiger partial charge in [-0.2, -0.15) is 0 Å². The van der Waals surface area contributed by atoms with Gasteiger partial charge in [0.1, 0.15) is 12.4 Å². The van der Waals surface area contributed by atoms with Crippen molar-refractivity contribution in [2.45, 2.75) is 34.3 Å². The minimum atomic E-state index is 0.508. The Morgan fingerprint density at radius 1 is 1.10 bits per heavy atom. The first-order valence-electron chi connectivity index (χ1n) is 7.00. The molecule has 0 bridgehead atoms. The van der Waals surface area contributed by atoms with E-state index in [1.54, 1.807) is 6.92 Å². The summed E-state index contributed by atoms with van der Waals surface area (Å²) in [5.74, 6) is 0.729. The van der Waals surface area contributed by atoms with E-state index in [9.17, 15) is 0 Å². The predicted molar refractivity (Wildman–Crippen MR) is 85.4 cm³/mol. The standard InChI is InChI=1S/C18H21NO2/c1-12-9-13(2)17(14(3)10-12)11-21-18-8-6-5-7-16(18)15(4)19-20/h5-10,20H,11H2,1-4H3. The molecule has 0 fully saturated rings. The lowest BCUT2D eigenvalue weighted by Gasteiger charge is -2.14. The van der Waals surface area contributed by atoms with Crippen LogP contribution in [-0.4, -0.2) is 10.9 Å². The zero-order chi connectivity index (χ0) is 15.4. The van der Waals surface area contributed by atoms with Gasteiger partial charge in [0, 0.05) is 5.56 Å². The van der Waals surface area contributed by atoms with Crippen molar-refractivity contribution in [3.8, 4) is 5.75 Å². The molecule has 21 heavy (non-hydrogen) atoms. The fourth-order valence-corrected chi connectivity index (χ4v) is 2.53. The van der Waals surface area contributed by atoms with Crippen molar-refractivity contribution in [3.63, 3.8) is 0 Å². The van der Waals surface area contributed by atoms with E-state index in [2.05, 4.69) is 38.1 Å². The van der Waals surface area contributed by atoms with Crippen molar-refractivity contribution in [3.05, 3.63) is 64.2 Å². The van der Waals surface area contributed by atoms with E-state index < -0.39 is 0 Å². The van der Waals surface area contributed by atoms with Crippen LogP contribution in [-0.2, 0) is 6.61 Å². The summed E-state index contributed by atoms with van der Waals surface area (Å²) in [5, 5.41) is 12.2. The molecule has 2 rings (SSSR count). The lowest BCUT2D eigenvalue weighted by molar-refractivity contribution is 0.302. The summed E-state index contributed by atoms with van der Waals surface area (Å²) in [6.07, 6.45) is 0. The number of benzene rings is 2. The molecule has 3 nitrogen and oxygen atoms in total. The summed E-state index contributed by atoms with van der Waals surface area (Å²) in [4.78, 5) is 0. The summed E-state index contributed by atoms with van der Waals surface area (Å²) in [6.45, 7) is 8.56. The van der Waals surface area contributed by atoms with Gasteiger partial charge in [0.05, 0.1) is 5.71 Å². The first-order chi connectivity index (χ1) is 10.0. The monoisotopic (exact) mass is 283 g/mol. The molecule has 0 saturated heterocycles. The van der Waals surface area contributed by atoms with Gasteiger partial charge in [-0.15, -0.1) is 0 Å². The molecule has 0 aliphatic heterocycles. The van der Waals surface area contributed by atoms with Gasteiger partial charge in [-0.05, 0) is 56.5 Å². The number of para-hydroxylation sites is 1. The molecule has 3 heteroatoms. The quantitative estimate of drug-likeness (QED) is 0.513. The zero-order valence-electron chi connectivity index (χ0n) is 13.0. The molecule has 0 heterocycles. The maximum absolute atomic E-state index is 8.95. The summed E-state index contributed by atoms with van der Waals surface area (Å²) >= 11 is 0. The van der Waals surface area contributed by atoms with Gasteiger partial charge in [0.2, 0.25) is 0 Å². The molecule has 0 atom stereocenters. The molecule has 0 aliphatic carbocycles. The summed E-state index contributed by atoms with van der Waals surface area (Å²) in [5.41, 5.74) is 6.28. The van der Waals surface area contributed by atoms with Gasteiger partial charge >= 0.3 is 0 Å². The van der Waals surface area contributed by atoms with Crippen molar-refractivity contribution >= 4 is 5.71 Å². The number of oxime groups is 1. The SMILES string of the molecule is CC(=NO)c1ccccc1OCc1c(C)cc(C)cc1C. The lowest BCUT2D eigenvalue weighted by atomic mass is 10.0. The fourth-order valence-electron chi connectivity index (χ4n) is 2.53. The smallest absolute Gasteiger partial charge is 0.128 e. The van der Waals surface area contributed by atoms with E-state index >= 15 is 0 Å². The summed E-state index contributed by atoms with van der Waals surface area (Å²) < 4.78 is 5.96. The third-order valence-electron chi connectivity index (χ3n) is 3.64. The highest BCUT2D eigenvalue weighted by Crippen LogP contribution is 2.23. The molecule has 0 spiro atoms. The molecular weight excluding hydrogens is 262 g/mol. The van der Waals surface area contributed by atoms with Crippen LogP contribution in [0.15, 0.2) is 41.6 Å². The predicted octanol–water partition coefficient (Wildman–Crippen LogP) is 4.39. The van der Waals surface area contributed by atoms with Gasteiger partial charge in [0.15, 0.2) is 0 Å². The second-order valence-corrected chi connectivity index (χ2v) is 5.35. The van der Waals surface area contributed by atoms with Gasteiger partial charge in [0.25, 0.3) is 0 Å². The first kappa shape index (κ1) is 15.1. The Labute approximate surface area is 125 Å². The summed E-state index contributed by atoms with van der Waals surface area (Å²) in [7, 11) is 0. The Morgan fingerprint density at radius 2 is 1.71 bits per heavy atom. The van der Waals surface area contributed by atoms with E-state index in [-0.39, 0.29) is 0 Å². The molecule has 110 valence electrons. The average molecular weight is 283 g/mol. The lowest BCUT2D eigenvalue weighted by Crippen LogP contribution is -2.05. The second-order valence-electron chi connectivity index (χ2n) is 5.35. The number of ether oxygens (including phenoxy) is 1. The minimum absolute atomic E-state index is 0.508. The molecule has 0 aliphatic rings. The zero-order valence-corrected chi connectivity index (χ0v) is 13.0. The molecule has 0 aromatic heterocycles. The Morgan fingerprint density at radius 3 is 2.33 bits per heavy atom. The van der Waals surface area contributed by atoms with E-state index in [0.29, 0.717) is 12.3 Å². The molecule has 2 aromatic rings. The van der Waals surface area contributed by atoms with Crippen LogP contribution in [0, 0.1) is 20.8 Å². The first-order valence-corrected chi connectivity index (χ1v) is 7.00. The van der Waals surface area contributed by atoms with E-state index in [0.717, 1.165) is 11.3 Å². The number of aryl methyl sites for hydroxylation is 3. The van der Waals surface area contributed by atoms with Crippen LogP contribution >= 0.6 is 0 Å². The van der Waals surface area contributed by atoms with Crippen LogP contribution in [0.2, 0.25) is 0 Å². The van der Waals surface area contributed by atoms with Crippen LogP contribution < -0.4 is 4.74 Å². The highest BCUT2D eigenvalue weighted by Gasteiger charge is 2.09. The normalized spacial score (nSPS) is 11.5. The van der Waals surface area contributed by atoms with Crippen molar-refractivity contribution in [2.24, 2.45) is 5.16 Å². The van der Waals surface area contributed by atoms with Gasteiger partial charge in [-0.25, -0.2) is 0 Å². The topological polar surface area (TPSA) is 41.8 Å². The van der Waals surface area contributed by atoms with Crippen LogP contribution in [0.1, 0.15) is 34.7 Å². The average Bonchev–Trinajstić information content (AvgIpc) is 2.45. The molecule has 0 radical (unpaired) electrons. The third-order valence-corrected chi connectivity index (χ3v) is 3.64. The number of nitrogens with zero attached hydrogens (tertiary/aromatic N) is 1. The molecule has 0 amide bonds. The van der Waals surface area contributed by atoms with E-state index in [1.165, 1.54) is 22.3 Å². The Hall–Kier alpha value is -2.29. The van der Waals surface area contributed by atoms with Gasteiger partial charge < -0.3 is 9.94 Å². The molecule has 0 unspecified atom stereocenters. The van der Waals surface area contributed by atoms with Crippen molar-refractivity contribution in [1.29, 1.82) is 0 Å². The molecule has 1 N–H and O–H groups in total. The maximum Gasteiger partial charge on any atom is 0.128 e. The van der Waals surface area contributed by atoms with E-state index in [4.69, 9.17) is 9.94 Å². The number of rotatable bonds is 4. The van der Waals surface area contributed by atoms with Gasteiger partial charge in [-0.1, -0.05) is 35.0 Å². The maximum atomic E-state index is 8.95. The largest absolute Gasteiger partial charge is 0.488 e. The highest BCUT2D eigenvalue weighted by molar-refractivity contribution is 6.00. The molecule has 2 aromatic carbocycles. The Bertz CT molecular complexity index is 652. The van der Waals surface area contributed by atoms with Crippen molar-refractivity contribution in [2.75, 3.05) is 0 Å². The van der Waals surface area contributed by atoms with Crippen molar-refractivity contribution < 1.29 is 9.94 Å². The fraction of sp³-hybridized carbons (Fsp3) is 0.278. The van der Waals surface area contributed by atoms with Crippen LogP contribution in [0.4, 0.5) is 0 Å². The Balaban J connectivity index is 2.26. The van der Waals surface area contributed by atoms with Crippen LogP contribution in [0.5, 0.6) is 5.75 Å². The number of hydrogen-bond acceptors (Lipinski definition) is 3. The van der Waals surface area contributed by atoms with Crippen LogP contribution in [0.3, 0.4) is 0 Å². The molecular formula is C18H21NO2. The second kappa shape index (κ2) is 6.44. The highest BCUT2D eigenvalue weighted by atomic mass is 16.5. The third kappa shape index (κ3) is 3.43. The number of hydrogen-bond donors (Lipinski definition) is 1. The summed E-state index contributed by atoms with van der Waals surface area (Å²) in [6, 6.07) is 11.9.